The van der Waals surface area contributed by atoms with E-state index in [1.54, 1.807) is 0 Å². The van der Waals surface area contributed by atoms with Crippen LogP contribution in [0.1, 0.15) is 19.3 Å². The molecule has 0 unspecified atom stereocenters. The molecule has 0 aromatic carbocycles. The van der Waals surface area contributed by atoms with E-state index in [-0.39, 0.29) is 6.54 Å². The molecule has 1 saturated carbocycles. The summed E-state index contributed by atoms with van der Waals surface area (Å²) in [6.45, 7) is 0.0592. The van der Waals surface area contributed by atoms with Crippen LogP contribution >= 0.6 is 0 Å². The molecule has 6 heteroatoms. The number of nitrogens with one attached hydrogen (secondary N) is 1. The first kappa shape index (κ1) is 9.14. The zero-order chi connectivity index (χ0) is 10.2. The highest BCUT2D eigenvalue weighted by atomic mass is 16.3. The van der Waals surface area contributed by atoms with Gasteiger partial charge in [-0.1, -0.05) is 0 Å². The second-order valence-corrected chi connectivity index (χ2v) is 3.68. The first-order chi connectivity index (χ1) is 6.61. The van der Waals surface area contributed by atoms with E-state index in [2.05, 4.69) is 10.2 Å². The number of rotatable bonds is 2. The van der Waals surface area contributed by atoms with Gasteiger partial charge in [-0.25, -0.2) is 9.89 Å². The number of aromatic amines is 1. The predicted molar refractivity (Wildman–Crippen MR) is 47.9 cm³/mol. The van der Waals surface area contributed by atoms with Gasteiger partial charge in [0, 0.05) is 0 Å². The fraction of sp³-hybridized carbons (Fsp3) is 0.625. The zero-order valence-electron chi connectivity index (χ0n) is 7.56. The standard InChI is InChI=1S/C8H11N3O3/c12-6-4-9-10-7(13)11(6)5-8(14)2-1-3-8/h4,14H,1-3,5H2,(H,10,13). The Labute approximate surface area is 79.2 Å². The molecule has 1 heterocycles. The van der Waals surface area contributed by atoms with Gasteiger partial charge in [0.15, 0.2) is 0 Å². The SMILES string of the molecule is O=c1cn[nH]c(=O)n1CC1(O)CCC1. The third-order valence-electron chi connectivity index (χ3n) is 2.58. The van der Waals surface area contributed by atoms with Gasteiger partial charge in [0.05, 0.1) is 12.1 Å². The molecule has 0 spiro atoms. The minimum Gasteiger partial charge on any atom is -0.388 e. The Balaban J connectivity index is 2.33. The van der Waals surface area contributed by atoms with Crippen molar-refractivity contribution in [2.24, 2.45) is 0 Å². The highest BCUT2D eigenvalue weighted by Crippen LogP contribution is 2.32. The molecule has 0 saturated heterocycles. The second-order valence-electron chi connectivity index (χ2n) is 3.68. The van der Waals surface area contributed by atoms with Crippen molar-refractivity contribution in [2.45, 2.75) is 31.4 Å². The molecule has 0 atom stereocenters. The summed E-state index contributed by atoms with van der Waals surface area (Å²) >= 11 is 0. The first-order valence-corrected chi connectivity index (χ1v) is 4.48. The third-order valence-corrected chi connectivity index (χ3v) is 2.58. The van der Waals surface area contributed by atoms with Gasteiger partial charge in [-0.3, -0.25) is 9.36 Å². The molecule has 14 heavy (non-hydrogen) atoms. The molecule has 6 nitrogen and oxygen atoms in total. The number of hydrogen-bond donors (Lipinski definition) is 2. The van der Waals surface area contributed by atoms with Gasteiger partial charge in [-0.15, -0.1) is 0 Å². The smallest absolute Gasteiger partial charge is 0.344 e. The third kappa shape index (κ3) is 1.48. The van der Waals surface area contributed by atoms with E-state index in [1.807, 2.05) is 0 Å². The van der Waals surface area contributed by atoms with Gasteiger partial charge in [-0.05, 0) is 19.3 Å². The summed E-state index contributed by atoms with van der Waals surface area (Å²) in [6, 6.07) is 0. The summed E-state index contributed by atoms with van der Waals surface area (Å²) in [6.07, 6.45) is 3.25. The van der Waals surface area contributed by atoms with Crippen LogP contribution in [0.5, 0.6) is 0 Å². The molecule has 0 bridgehead atoms. The second kappa shape index (κ2) is 3.06. The topological polar surface area (TPSA) is 88.0 Å². The predicted octanol–water partition coefficient (Wildman–Crippen LogP) is -1.15. The van der Waals surface area contributed by atoms with Gasteiger partial charge in [0.2, 0.25) is 0 Å². The Morgan fingerprint density at radius 3 is 2.79 bits per heavy atom. The summed E-state index contributed by atoms with van der Waals surface area (Å²) < 4.78 is 0.978. The van der Waals surface area contributed by atoms with E-state index in [0.29, 0.717) is 12.8 Å². The van der Waals surface area contributed by atoms with Crippen LogP contribution in [0.2, 0.25) is 0 Å². The van der Waals surface area contributed by atoms with Gasteiger partial charge >= 0.3 is 5.69 Å². The molecule has 1 aromatic rings. The summed E-state index contributed by atoms with van der Waals surface area (Å²) in [5.41, 5.74) is -1.93. The molecule has 76 valence electrons. The maximum atomic E-state index is 11.2. The van der Waals surface area contributed by atoms with E-state index in [9.17, 15) is 14.7 Å². The largest absolute Gasteiger partial charge is 0.388 e. The zero-order valence-corrected chi connectivity index (χ0v) is 7.56. The lowest BCUT2D eigenvalue weighted by atomic mass is 9.80. The fourth-order valence-corrected chi connectivity index (χ4v) is 1.56. The van der Waals surface area contributed by atoms with Crippen molar-refractivity contribution >= 4 is 0 Å². The lowest BCUT2D eigenvalue weighted by molar-refractivity contribution is -0.0490. The maximum Gasteiger partial charge on any atom is 0.344 e. The lowest BCUT2D eigenvalue weighted by Crippen LogP contribution is -2.48. The van der Waals surface area contributed by atoms with Crippen molar-refractivity contribution in [3.05, 3.63) is 27.0 Å². The molecule has 1 fully saturated rings. The van der Waals surface area contributed by atoms with Gasteiger partial charge < -0.3 is 5.11 Å². The molecule has 1 aromatic heterocycles. The molecule has 0 amide bonds. The van der Waals surface area contributed by atoms with E-state index in [0.717, 1.165) is 17.2 Å². The van der Waals surface area contributed by atoms with Crippen molar-refractivity contribution in [3.8, 4) is 0 Å². The average Bonchev–Trinajstić information content (AvgIpc) is 2.09. The van der Waals surface area contributed by atoms with Crippen LogP contribution in [0.3, 0.4) is 0 Å². The fourth-order valence-electron chi connectivity index (χ4n) is 1.56. The quantitative estimate of drug-likeness (QED) is 0.626. The van der Waals surface area contributed by atoms with Crippen LogP contribution in [0, 0.1) is 0 Å². The molecule has 2 rings (SSSR count). The number of aliphatic hydroxyl groups is 1. The van der Waals surface area contributed by atoms with Crippen molar-refractivity contribution in [1.82, 2.24) is 14.8 Å². The van der Waals surface area contributed by atoms with E-state index in [4.69, 9.17) is 0 Å². The number of nitrogens with zero attached hydrogens (tertiary/aromatic N) is 2. The maximum absolute atomic E-state index is 11.2. The Morgan fingerprint density at radius 1 is 1.57 bits per heavy atom. The minimum atomic E-state index is -0.877. The van der Waals surface area contributed by atoms with Crippen LogP contribution in [-0.4, -0.2) is 25.5 Å². The van der Waals surface area contributed by atoms with Gasteiger partial charge in [-0.2, -0.15) is 5.10 Å². The summed E-state index contributed by atoms with van der Waals surface area (Å²) in [5, 5.41) is 15.3. The summed E-state index contributed by atoms with van der Waals surface area (Å²) in [5.74, 6) is 0. The molecule has 0 radical (unpaired) electrons. The Hall–Kier alpha value is -1.43. The average molecular weight is 197 g/mol. The van der Waals surface area contributed by atoms with Crippen LogP contribution in [-0.2, 0) is 6.54 Å². The molecule has 0 aliphatic heterocycles. The molecule has 1 aliphatic rings. The van der Waals surface area contributed by atoms with Gasteiger partial charge in [0.25, 0.3) is 5.56 Å². The highest BCUT2D eigenvalue weighted by molar-refractivity contribution is 4.89. The van der Waals surface area contributed by atoms with Crippen molar-refractivity contribution < 1.29 is 5.11 Å². The Bertz CT molecular complexity index is 415. The van der Waals surface area contributed by atoms with Crippen LogP contribution in [0.4, 0.5) is 0 Å². The van der Waals surface area contributed by atoms with Crippen molar-refractivity contribution in [2.75, 3.05) is 0 Å². The Morgan fingerprint density at radius 2 is 2.29 bits per heavy atom. The molecular formula is C8H11N3O3. The van der Waals surface area contributed by atoms with Gasteiger partial charge in [0.1, 0.15) is 6.20 Å². The molecular weight excluding hydrogens is 186 g/mol. The minimum absolute atomic E-state index is 0.0592. The normalized spacial score (nSPS) is 18.9. The number of aromatic nitrogens is 3. The number of hydrogen-bond acceptors (Lipinski definition) is 4. The highest BCUT2D eigenvalue weighted by Gasteiger charge is 2.35. The van der Waals surface area contributed by atoms with E-state index < -0.39 is 16.9 Å². The first-order valence-electron chi connectivity index (χ1n) is 4.48. The lowest BCUT2D eigenvalue weighted by Gasteiger charge is -2.36. The molecule has 2 N–H and O–H groups in total. The van der Waals surface area contributed by atoms with E-state index >= 15 is 0 Å². The monoisotopic (exact) mass is 197 g/mol. The van der Waals surface area contributed by atoms with Crippen LogP contribution in [0.25, 0.3) is 0 Å². The van der Waals surface area contributed by atoms with Crippen molar-refractivity contribution in [1.29, 1.82) is 0 Å². The van der Waals surface area contributed by atoms with Crippen LogP contribution < -0.4 is 11.2 Å². The number of H-pyrrole nitrogens is 1. The Kier molecular flexibility index (Phi) is 1.99. The van der Waals surface area contributed by atoms with Crippen molar-refractivity contribution in [3.63, 3.8) is 0 Å². The summed E-state index contributed by atoms with van der Waals surface area (Å²) in [7, 11) is 0. The van der Waals surface area contributed by atoms with Crippen LogP contribution in [0.15, 0.2) is 15.8 Å². The summed E-state index contributed by atoms with van der Waals surface area (Å²) in [4.78, 5) is 22.4. The van der Waals surface area contributed by atoms with E-state index in [1.165, 1.54) is 0 Å². The molecule has 1 aliphatic carbocycles.